The molecule has 0 fully saturated rings. The molecule has 2 amide bonds. The maximum Gasteiger partial charge on any atom is 0.242 e. The van der Waals surface area contributed by atoms with Gasteiger partial charge in [-0.05, 0) is 34.9 Å². The molecule has 174 valence electrons. The Morgan fingerprint density at radius 2 is 1.52 bits per heavy atom. The molecule has 1 heterocycles. The lowest BCUT2D eigenvalue weighted by atomic mass is 9.94. The molecular weight excluding hydrogens is 428 g/mol. The van der Waals surface area contributed by atoms with Crippen molar-refractivity contribution in [3.8, 4) is 0 Å². The number of nitrogens with zero attached hydrogens (tertiary/aromatic N) is 2. The number of amides is 2. The quantitative estimate of drug-likeness (QED) is 0.353. The monoisotopic (exact) mass is 462 g/mol. The highest BCUT2D eigenvalue weighted by atomic mass is 32.1. The molecule has 3 aromatic rings. The molecule has 0 saturated heterocycles. The van der Waals surface area contributed by atoms with E-state index < -0.39 is 0 Å². The SMILES string of the molecule is CC[C@@H](C(=O)N(CC(=O)N(Cc1ccccc1)Cc1cccs1)CC(C)C)c1ccccc1. The van der Waals surface area contributed by atoms with E-state index in [1.165, 1.54) is 0 Å². The van der Waals surface area contributed by atoms with E-state index in [1.54, 1.807) is 16.2 Å². The summed E-state index contributed by atoms with van der Waals surface area (Å²) in [5, 5.41) is 2.03. The number of hydrogen-bond donors (Lipinski definition) is 0. The van der Waals surface area contributed by atoms with Gasteiger partial charge in [-0.25, -0.2) is 0 Å². The van der Waals surface area contributed by atoms with Gasteiger partial charge in [-0.1, -0.05) is 87.5 Å². The van der Waals surface area contributed by atoms with Crippen LogP contribution in [0.25, 0.3) is 0 Å². The summed E-state index contributed by atoms with van der Waals surface area (Å²) in [7, 11) is 0. The molecule has 0 N–H and O–H groups in total. The highest BCUT2D eigenvalue weighted by molar-refractivity contribution is 7.09. The lowest BCUT2D eigenvalue weighted by Crippen LogP contribution is -2.45. The average Bonchev–Trinajstić information content (AvgIpc) is 3.33. The topological polar surface area (TPSA) is 40.6 Å². The van der Waals surface area contributed by atoms with Crippen LogP contribution >= 0.6 is 11.3 Å². The summed E-state index contributed by atoms with van der Waals surface area (Å²) in [5.74, 6) is 0.0400. The molecule has 0 bridgehead atoms. The second-order valence-corrected chi connectivity index (χ2v) is 9.83. The maximum absolute atomic E-state index is 13.6. The van der Waals surface area contributed by atoms with Crippen LogP contribution in [0.3, 0.4) is 0 Å². The van der Waals surface area contributed by atoms with Crippen LogP contribution in [-0.2, 0) is 22.7 Å². The Kier molecular flexibility index (Phi) is 9.25. The van der Waals surface area contributed by atoms with Crippen molar-refractivity contribution in [3.63, 3.8) is 0 Å². The summed E-state index contributed by atoms with van der Waals surface area (Å²) < 4.78 is 0. The van der Waals surface area contributed by atoms with Crippen LogP contribution in [0.4, 0.5) is 0 Å². The van der Waals surface area contributed by atoms with Gasteiger partial charge >= 0.3 is 0 Å². The van der Waals surface area contributed by atoms with Crippen molar-refractivity contribution in [2.24, 2.45) is 5.92 Å². The number of thiophene rings is 1. The van der Waals surface area contributed by atoms with E-state index in [2.05, 4.69) is 19.9 Å². The zero-order chi connectivity index (χ0) is 23.6. The van der Waals surface area contributed by atoms with Crippen molar-refractivity contribution in [2.75, 3.05) is 13.1 Å². The van der Waals surface area contributed by atoms with E-state index in [4.69, 9.17) is 0 Å². The zero-order valence-electron chi connectivity index (χ0n) is 19.8. The lowest BCUT2D eigenvalue weighted by Gasteiger charge is -2.31. The molecule has 0 aliphatic carbocycles. The van der Waals surface area contributed by atoms with Gasteiger partial charge in [0.2, 0.25) is 11.8 Å². The van der Waals surface area contributed by atoms with Gasteiger partial charge in [0.25, 0.3) is 0 Å². The Hall–Kier alpha value is -2.92. The molecule has 3 rings (SSSR count). The van der Waals surface area contributed by atoms with Crippen LogP contribution in [0.2, 0.25) is 0 Å². The van der Waals surface area contributed by atoms with Crippen LogP contribution in [0.5, 0.6) is 0 Å². The first-order valence-electron chi connectivity index (χ1n) is 11.7. The van der Waals surface area contributed by atoms with Crippen molar-refractivity contribution in [3.05, 3.63) is 94.2 Å². The predicted molar refractivity (Wildman–Crippen MR) is 136 cm³/mol. The Bertz CT molecular complexity index is 987. The molecule has 0 aliphatic rings. The van der Waals surface area contributed by atoms with Gasteiger partial charge in [0, 0.05) is 18.0 Å². The molecule has 1 atom stereocenters. The average molecular weight is 463 g/mol. The standard InChI is InChI=1S/C28H34N2O2S/c1-4-26(24-14-9-6-10-15-24)28(32)30(18-22(2)3)21-27(31)29(20-25-16-11-17-33-25)19-23-12-7-5-8-13-23/h5-17,22,26H,4,18-21H2,1-3H3/t26-/m1/s1. The second kappa shape index (κ2) is 12.4. The fourth-order valence-electron chi connectivity index (χ4n) is 4.02. The number of carbonyl (C=O) groups excluding carboxylic acids is 2. The molecule has 0 unspecified atom stereocenters. The molecule has 0 aliphatic heterocycles. The third kappa shape index (κ3) is 7.29. The third-order valence-electron chi connectivity index (χ3n) is 5.63. The Balaban J connectivity index is 1.81. The smallest absolute Gasteiger partial charge is 0.242 e. The van der Waals surface area contributed by atoms with Crippen molar-refractivity contribution in [2.45, 2.75) is 46.2 Å². The molecule has 1 aromatic heterocycles. The van der Waals surface area contributed by atoms with Gasteiger partial charge in [-0.2, -0.15) is 0 Å². The van der Waals surface area contributed by atoms with Gasteiger partial charge in [0.05, 0.1) is 19.0 Å². The summed E-state index contributed by atoms with van der Waals surface area (Å²) in [6.45, 7) is 7.93. The van der Waals surface area contributed by atoms with Crippen molar-refractivity contribution >= 4 is 23.2 Å². The minimum Gasteiger partial charge on any atom is -0.333 e. The molecular formula is C28H34N2O2S. The van der Waals surface area contributed by atoms with Crippen LogP contribution in [-0.4, -0.2) is 34.7 Å². The van der Waals surface area contributed by atoms with Crippen molar-refractivity contribution in [1.29, 1.82) is 0 Å². The molecule has 33 heavy (non-hydrogen) atoms. The summed E-state index contributed by atoms with van der Waals surface area (Å²) in [5.41, 5.74) is 2.09. The number of rotatable bonds is 11. The fraction of sp³-hybridized carbons (Fsp3) is 0.357. The minimum atomic E-state index is -0.238. The van der Waals surface area contributed by atoms with Gasteiger partial charge in [-0.15, -0.1) is 11.3 Å². The van der Waals surface area contributed by atoms with E-state index in [0.29, 0.717) is 26.1 Å². The summed E-state index contributed by atoms with van der Waals surface area (Å²) in [6.07, 6.45) is 0.703. The first-order chi connectivity index (χ1) is 16.0. The minimum absolute atomic E-state index is 0.0239. The van der Waals surface area contributed by atoms with Crippen molar-refractivity contribution < 1.29 is 9.59 Å². The number of hydrogen-bond acceptors (Lipinski definition) is 3. The number of benzene rings is 2. The van der Waals surface area contributed by atoms with Crippen LogP contribution in [0.15, 0.2) is 78.2 Å². The molecule has 0 saturated carbocycles. The van der Waals surface area contributed by atoms with Gasteiger partial charge in [0.1, 0.15) is 0 Å². The summed E-state index contributed by atoms with van der Waals surface area (Å²) in [4.78, 5) is 31.9. The molecule has 2 aromatic carbocycles. The fourth-order valence-corrected chi connectivity index (χ4v) is 4.74. The molecule has 5 heteroatoms. The highest BCUT2D eigenvalue weighted by Crippen LogP contribution is 2.23. The number of carbonyl (C=O) groups is 2. The Morgan fingerprint density at radius 1 is 0.848 bits per heavy atom. The molecule has 0 spiro atoms. The van der Waals surface area contributed by atoms with Crippen LogP contribution in [0, 0.1) is 5.92 Å². The van der Waals surface area contributed by atoms with E-state index in [9.17, 15) is 9.59 Å². The zero-order valence-corrected chi connectivity index (χ0v) is 20.6. The van der Waals surface area contributed by atoms with Gasteiger partial charge in [-0.3, -0.25) is 9.59 Å². The van der Waals surface area contributed by atoms with Gasteiger partial charge < -0.3 is 9.80 Å². The second-order valence-electron chi connectivity index (χ2n) is 8.80. The normalized spacial score (nSPS) is 11.9. The largest absolute Gasteiger partial charge is 0.333 e. The van der Waals surface area contributed by atoms with E-state index >= 15 is 0 Å². The van der Waals surface area contributed by atoms with Gasteiger partial charge in [0.15, 0.2) is 0 Å². The van der Waals surface area contributed by atoms with Crippen LogP contribution < -0.4 is 0 Å². The third-order valence-corrected chi connectivity index (χ3v) is 6.49. The predicted octanol–water partition coefficient (Wildman–Crippen LogP) is 5.96. The maximum atomic E-state index is 13.6. The first-order valence-corrected chi connectivity index (χ1v) is 12.5. The van der Waals surface area contributed by atoms with E-state index in [1.807, 2.05) is 83.9 Å². The summed E-state index contributed by atoms with van der Waals surface area (Å²) >= 11 is 1.65. The summed E-state index contributed by atoms with van der Waals surface area (Å²) in [6, 6.07) is 24.0. The molecule has 4 nitrogen and oxygen atoms in total. The van der Waals surface area contributed by atoms with Crippen molar-refractivity contribution in [1.82, 2.24) is 9.80 Å². The Morgan fingerprint density at radius 3 is 2.09 bits per heavy atom. The molecule has 0 radical (unpaired) electrons. The first kappa shape index (κ1) is 24.7. The van der Waals surface area contributed by atoms with E-state index in [0.717, 1.165) is 16.0 Å². The van der Waals surface area contributed by atoms with E-state index in [-0.39, 0.29) is 30.2 Å². The highest BCUT2D eigenvalue weighted by Gasteiger charge is 2.28. The Labute approximate surface area is 201 Å². The van der Waals surface area contributed by atoms with Crippen LogP contribution in [0.1, 0.15) is 49.1 Å². The lowest BCUT2D eigenvalue weighted by molar-refractivity contribution is -0.142.